The molecule has 2 saturated carbocycles. The van der Waals surface area contributed by atoms with Crippen LogP contribution in [0.3, 0.4) is 0 Å². The molecule has 5 heteroatoms. The van der Waals surface area contributed by atoms with Gasteiger partial charge in [-0.15, -0.1) is 0 Å². The van der Waals surface area contributed by atoms with Gasteiger partial charge in [0.05, 0.1) is 10.8 Å². The van der Waals surface area contributed by atoms with Gasteiger partial charge in [-0.25, -0.2) is 8.51 Å². The van der Waals surface area contributed by atoms with Crippen LogP contribution in [0.1, 0.15) is 108 Å². The van der Waals surface area contributed by atoms with E-state index in [1.54, 1.807) is 0 Å². The van der Waals surface area contributed by atoms with Crippen molar-refractivity contribution in [3.05, 3.63) is 95.6 Å². The Morgan fingerprint density at radius 1 is 0.786 bits per heavy atom. The van der Waals surface area contributed by atoms with Gasteiger partial charge in [-0.1, -0.05) is 119 Å². The van der Waals surface area contributed by atoms with Crippen LogP contribution >= 0.6 is 7.92 Å². The summed E-state index contributed by atoms with van der Waals surface area (Å²) in [7, 11) is 0.415. The first kappa shape index (κ1) is 31.4. The predicted octanol–water partition coefficient (Wildman–Crippen LogP) is 9.52. The summed E-state index contributed by atoms with van der Waals surface area (Å²) in [5.74, 6) is 1.05. The number of hydrogen-bond donors (Lipinski definition) is 0. The van der Waals surface area contributed by atoms with E-state index in [-0.39, 0.29) is 10.8 Å². The maximum Gasteiger partial charge on any atom is 0.127 e. The second-order valence-electron chi connectivity index (χ2n) is 13.2. The third-order valence-corrected chi connectivity index (χ3v) is 14.4. The molecule has 2 atom stereocenters. The molecule has 0 aliphatic heterocycles. The van der Waals surface area contributed by atoms with Crippen LogP contribution in [0.4, 0.5) is 0 Å². The minimum atomic E-state index is -1.18. The van der Waals surface area contributed by atoms with Crippen LogP contribution in [0.15, 0.2) is 78.9 Å². The van der Waals surface area contributed by atoms with E-state index in [0.717, 1.165) is 17.1 Å². The summed E-state index contributed by atoms with van der Waals surface area (Å²) in [6, 6.07) is 27.9. The van der Waals surface area contributed by atoms with Crippen molar-refractivity contribution in [2.75, 3.05) is 7.05 Å². The van der Waals surface area contributed by atoms with Crippen molar-refractivity contribution >= 4 is 24.2 Å². The summed E-state index contributed by atoms with van der Waals surface area (Å²) in [5, 5.41) is 1.45. The van der Waals surface area contributed by atoms with E-state index in [2.05, 4.69) is 111 Å². The first-order valence-electron chi connectivity index (χ1n) is 16.1. The van der Waals surface area contributed by atoms with Crippen molar-refractivity contribution in [1.82, 2.24) is 4.31 Å². The second-order valence-corrected chi connectivity index (χ2v) is 18.2. The third-order valence-electron chi connectivity index (χ3n) is 9.02. The van der Waals surface area contributed by atoms with Crippen LogP contribution < -0.4 is 10.0 Å². The van der Waals surface area contributed by atoms with Gasteiger partial charge in [0, 0.05) is 12.4 Å². The van der Waals surface area contributed by atoms with Gasteiger partial charge in [0.1, 0.15) is 23.3 Å². The molecule has 0 radical (unpaired) electrons. The molecule has 5 rings (SSSR count). The van der Waals surface area contributed by atoms with E-state index in [1.807, 2.05) is 0 Å². The molecule has 2 aliphatic carbocycles. The zero-order chi connectivity index (χ0) is 29.5. The Balaban J connectivity index is 1.69. The minimum absolute atomic E-state index is 0.112. The van der Waals surface area contributed by atoms with Crippen LogP contribution in [-0.2, 0) is 17.6 Å². The monoisotopic (exact) mass is 603 g/mol. The van der Waals surface area contributed by atoms with Gasteiger partial charge in [0.2, 0.25) is 0 Å². The number of benzene rings is 3. The molecule has 0 N–H and O–H groups in total. The Kier molecular flexibility index (Phi) is 11.0. The standard InChI is InChI=1S/C37H50NO2PS/c1-37(2,3)42(39)38(4)35(30-20-11-6-12-21-30)33-26-17-27-34(40-28-29-18-9-5-10-19-29)36(33)41(31-22-13-7-14-23-31)32-24-15-8-16-25-32/h5-6,9-12,17-21,26-27,31-32,35H,7-8,13-16,22-25,28H2,1-4H3/t35-,42-/m1/s1. The summed E-state index contributed by atoms with van der Waals surface area (Å²) in [5.41, 5.74) is 5.15. The highest BCUT2D eigenvalue weighted by Crippen LogP contribution is 2.58. The molecule has 0 spiro atoms. The molecule has 2 fully saturated rings. The zero-order valence-electron chi connectivity index (χ0n) is 26.1. The first-order valence-corrected chi connectivity index (χ1v) is 18.7. The molecule has 0 aromatic heterocycles. The van der Waals surface area contributed by atoms with Crippen LogP contribution in [0.25, 0.3) is 0 Å². The topological polar surface area (TPSA) is 29.5 Å². The molecule has 3 aromatic carbocycles. The van der Waals surface area contributed by atoms with Crippen molar-refractivity contribution in [3.63, 3.8) is 0 Å². The first-order chi connectivity index (χ1) is 20.3. The maximum atomic E-state index is 14.0. The molecule has 226 valence electrons. The highest BCUT2D eigenvalue weighted by Gasteiger charge is 2.39. The highest BCUT2D eigenvalue weighted by atomic mass is 32.2. The molecule has 0 heterocycles. The van der Waals surface area contributed by atoms with E-state index in [0.29, 0.717) is 6.61 Å². The summed E-state index contributed by atoms with van der Waals surface area (Å²) in [6.07, 6.45) is 13.4. The Bertz CT molecular complexity index is 1260. The highest BCUT2D eigenvalue weighted by molar-refractivity contribution is 7.84. The average Bonchev–Trinajstić information content (AvgIpc) is 3.02. The van der Waals surface area contributed by atoms with Crippen LogP contribution in [0.5, 0.6) is 5.75 Å². The van der Waals surface area contributed by atoms with E-state index in [9.17, 15) is 4.21 Å². The molecule has 3 aromatic rings. The SMILES string of the molecule is CN([C@H](c1ccccc1)c1cccc(OCc2ccccc2)c1P(C1CCCCC1)C1CCCCC1)[S@](=O)C(C)(C)C. The van der Waals surface area contributed by atoms with Crippen molar-refractivity contribution in [1.29, 1.82) is 0 Å². The average molecular weight is 604 g/mol. The molecule has 0 saturated heterocycles. The second kappa shape index (κ2) is 14.7. The third kappa shape index (κ3) is 7.55. The lowest BCUT2D eigenvalue weighted by Gasteiger charge is -2.42. The van der Waals surface area contributed by atoms with E-state index in [1.165, 1.54) is 86.2 Å². The molecule has 0 unspecified atom stereocenters. The Morgan fingerprint density at radius 2 is 1.33 bits per heavy atom. The van der Waals surface area contributed by atoms with Crippen molar-refractivity contribution < 1.29 is 8.95 Å². The number of nitrogens with zero attached hydrogens (tertiary/aromatic N) is 1. The van der Waals surface area contributed by atoms with E-state index >= 15 is 0 Å². The van der Waals surface area contributed by atoms with Crippen molar-refractivity contribution in [2.45, 2.75) is 114 Å². The Morgan fingerprint density at radius 3 is 1.88 bits per heavy atom. The van der Waals surface area contributed by atoms with Crippen molar-refractivity contribution in [3.8, 4) is 5.75 Å². The number of rotatable bonds is 10. The lowest BCUT2D eigenvalue weighted by Crippen LogP contribution is -2.40. The van der Waals surface area contributed by atoms with Gasteiger partial charge in [0.15, 0.2) is 0 Å². The molecular weight excluding hydrogens is 553 g/mol. The van der Waals surface area contributed by atoms with Gasteiger partial charge in [-0.2, -0.15) is 0 Å². The van der Waals surface area contributed by atoms with E-state index in [4.69, 9.17) is 4.74 Å². The van der Waals surface area contributed by atoms with Gasteiger partial charge in [-0.05, 0) is 80.5 Å². The summed E-state index contributed by atoms with van der Waals surface area (Å²) >= 11 is 0. The smallest absolute Gasteiger partial charge is 0.127 e. The van der Waals surface area contributed by atoms with Crippen LogP contribution in [-0.4, -0.2) is 31.6 Å². The molecule has 2 aliphatic rings. The van der Waals surface area contributed by atoms with Crippen LogP contribution in [0, 0.1) is 0 Å². The zero-order valence-corrected chi connectivity index (χ0v) is 27.8. The lowest BCUT2D eigenvalue weighted by atomic mass is 9.98. The maximum absolute atomic E-state index is 14.0. The van der Waals surface area contributed by atoms with E-state index < -0.39 is 18.9 Å². The lowest BCUT2D eigenvalue weighted by molar-refractivity contribution is 0.308. The largest absolute Gasteiger partial charge is 0.488 e. The summed E-state index contributed by atoms with van der Waals surface area (Å²) in [6.45, 7) is 6.81. The van der Waals surface area contributed by atoms with Gasteiger partial charge < -0.3 is 4.74 Å². The fourth-order valence-electron chi connectivity index (χ4n) is 7.02. The molecular formula is C37H50NO2PS. The van der Waals surface area contributed by atoms with Gasteiger partial charge >= 0.3 is 0 Å². The Labute approximate surface area is 258 Å². The molecule has 42 heavy (non-hydrogen) atoms. The minimum Gasteiger partial charge on any atom is -0.488 e. The van der Waals surface area contributed by atoms with Crippen molar-refractivity contribution in [2.24, 2.45) is 0 Å². The molecule has 0 bridgehead atoms. The summed E-state index contributed by atoms with van der Waals surface area (Å²) < 4.78 is 22.7. The molecule has 0 amide bonds. The fraction of sp³-hybridized carbons (Fsp3) is 0.514. The Hall–Kier alpha value is -2.00. The quantitative estimate of drug-likeness (QED) is 0.216. The van der Waals surface area contributed by atoms with Crippen LogP contribution in [0.2, 0.25) is 0 Å². The number of ether oxygens (including phenoxy) is 1. The summed E-state index contributed by atoms with van der Waals surface area (Å²) in [4.78, 5) is 0. The number of hydrogen-bond acceptors (Lipinski definition) is 2. The normalized spacial score (nSPS) is 18.7. The molecule has 3 nitrogen and oxygen atoms in total. The van der Waals surface area contributed by atoms with Gasteiger partial charge in [0.25, 0.3) is 0 Å². The fourth-order valence-corrected chi connectivity index (χ4v) is 12.4. The predicted molar refractivity (Wildman–Crippen MR) is 181 cm³/mol. The van der Waals surface area contributed by atoms with Gasteiger partial charge in [-0.3, -0.25) is 0 Å².